The smallest absolute Gasteiger partial charge is 0.234 e. The minimum absolute atomic E-state index is 0.107. The zero-order valence-corrected chi connectivity index (χ0v) is 20.0. The molecule has 1 saturated heterocycles. The van der Waals surface area contributed by atoms with Crippen LogP contribution in [0, 0.1) is 0 Å². The van der Waals surface area contributed by atoms with Gasteiger partial charge in [0, 0.05) is 42.9 Å². The standard InChI is InChI=1S/C29H26N4O3/c1-35-24-11-5-2-8-20(24)23-14-15-27(31-30-23)32-16-18-33(19-17-32)29(34)28-21-9-3-6-12-25(21)36-26-13-7-4-10-22(26)28/h2-15,28H,16-19H2,1H3. The summed E-state index contributed by atoms with van der Waals surface area (Å²) in [6.45, 7) is 2.63. The molecule has 0 bridgehead atoms. The lowest BCUT2D eigenvalue weighted by Gasteiger charge is -2.38. The van der Waals surface area contributed by atoms with Crippen LogP contribution in [0.25, 0.3) is 11.3 Å². The second kappa shape index (κ2) is 9.34. The number of carbonyl (C=O) groups is 1. The van der Waals surface area contributed by atoms with E-state index in [4.69, 9.17) is 9.47 Å². The first-order valence-electron chi connectivity index (χ1n) is 12.1. The molecular weight excluding hydrogens is 452 g/mol. The van der Waals surface area contributed by atoms with Crippen molar-refractivity contribution in [2.24, 2.45) is 0 Å². The molecule has 2 aliphatic heterocycles. The number of nitrogens with zero attached hydrogens (tertiary/aromatic N) is 4. The van der Waals surface area contributed by atoms with Crippen molar-refractivity contribution in [3.63, 3.8) is 0 Å². The van der Waals surface area contributed by atoms with E-state index in [1.165, 1.54) is 0 Å². The molecule has 1 amide bonds. The lowest BCUT2D eigenvalue weighted by molar-refractivity contribution is -0.132. The number of carbonyl (C=O) groups excluding carboxylic acids is 1. The Morgan fingerprint density at radius 1 is 0.806 bits per heavy atom. The summed E-state index contributed by atoms with van der Waals surface area (Å²) in [5.74, 6) is 2.82. The van der Waals surface area contributed by atoms with Crippen LogP contribution in [0.15, 0.2) is 84.9 Å². The number of hydrogen-bond donors (Lipinski definition) is 0. The average molecular weight is 479 g/mol. The number of anilines is 1. The van der Waals surface area contributed by atoms with Crippen LogP contribution < -0.4 is 14.4 Å². The van der Waals surface area contributed by atoms with Crippen molar-refractivity contribution in [2.75, 3.05) is 38.2 Å². The molecule has 180 valence electrons. The van der Waals surface area contributed by atoms with Crippen LogP contribution in [0.4, 0.5) is 5.82 Å². The summed E-state index contributed by atoms with van der Waals surface area (Å²) in [6.07, 6.45) is 0. The summed E-state index contributed by atoms with van der Waals surface area (Å²) >= 11 is 0. The van der Waals surface area contributed by atoms with E-state index in [2.05, 4.69) is 15.1 Å². The Kier molecular flexibility index (Phi) is 5.73. The predicted octanol–water partition coefficient (Wildman–Crippen LogP) is 4.74. The van der Waals surface area contributed by atoms with Crippen molar-refractivity contribution >= 4 is 11.7 Å². The molecule has 7 nitrogen and oxygen atoms in total. The van der Waals surface area contributed by atoms with Gasteiger partial charge in [-0.05, 0) is 36.4 Å². The highest BCUT2D eigenvalue weighted by Gasteiger charge is 2.36. The second-order valence-corrected chi connectivity index (χ2v) is 8.90. The van der Waals surface area contributed by atoms with Gasteiger partial charge in [0.25, 0.3) is 0 Å². The van der Waals surface area contributed by atoms with Gasteiger partial charge < -0.3 is 19.3 Å². The zero-order valence-electron chi connectivity index (χ0n) is 20.0. The maximum absolute atomic E-state index is 13.8. The molecule has 36 heavy (non-hydrogen) atoms. The quantitative estimate of drug-likeness (QED) is 0.422. The van der Waals surface area contributed by atoms with E-state index >= 15 is 0 Å². The van der Waals surface area contributed by atoms with E-state index in [1.54, 1.807) is 7.11 Å². The number of methoxy groups -OCH3 is 1. The topological polar surface area (TPSA) is 67.8 Å². The number of amides is 1. The average Bonchev–Trinajstić information content (AvgIpc) is 2.95. The van der Waals surface area contributed by atoms with Crippen LogP contribution >= 0.6 is 0 Å². The van der Waals surface area contributed by atoms with Crippen molar-refractivity contribution in [1.82, 2.24) is 15.1 Å². The molecule has 3 aromatic carbocycles. The highest BCUT2D eigenvalue weighted by molar-refractivity contribution is 5.90. The summed E-state index contributed by atoms with van der Waals surface area (Å²) in [4.78, 5) is 17.9. The number of ether oxygens (including phenoxy) is 2. The summed E-state index contributed by atoms with van der Waals surface area (Å²) in [7, 11) is 1.65. The van der Waals surface area contributed by atoms with Gasteiger partial charge in [0.1, 0.15) is 17.2 Å². The summed E-state index contributed by atoms with van der Waals surface area (Å²) in [6, 6.07) is 27.4. The molecular formula is C29H26N4O3. The Bertz CT molecular complexity index is 1350. The Labute approximate surface area is 209 Å². The molecule has 0 saturated carbocycles. The highest BCUT2D eigenvalue weighted by atomic mass is 16.5. The maximum atomic E-state index is 13.8. The minimum Gasteiger partial charge on any atom is -0.496 e. The van der Waals surface area contributed by atoms with Crippen LogP contribution in [0.5, 0.6) is 17.2 Å². The fourth-order valence-corrected chi connectivity index (χ4v) is 5.01. The van der Waals surface area contributed by atoms with Gasteiger partial charge in [-0.2, -0.15) is 0 Å². The lowest BCUT2D eigenvalue weighted by Crippen LogP contribution is -2.50. The van der Waals surface area contributed by atoms with E-state index in [1.807, 2.05) is 89.8 Å². The predicted molar refractivity (Wildman–Crippen MR) is 138 cm³/mol. The van der Waals surface area contributed by atoms with Crippen LogP contribution in [0.3, 0.4) is 0 Å². The van der Waals surface area contributed by atoms with Gasteiger partial charge in [-0.1, -0.05) is 48.5 Å². The molecule has 1 fully saturated rings. The number of hydrogen-bond acceptors (Lipinski definition) is 6. The number of benzene rings is 3. The first-order chi connectivity index (χ1) is 17.7. The van der Waals surface area contributed by atoms with Gasteiger partial charge in [-0.25, -0.2) is 0 Å². The van der Waals surface area contributed by atoms with E-state index in [-0.39, 0.29) is 11.8 Å². The van der Waals surface area contributed by atoms with Crippen molar-refractivity contribution in [2.45, 2.75) is 5.92 Å². The summed E-state index contributed by atoms with van der Waals surface area (Å²) in [5.41, 5.74) is 3.51. The summed E-state index contributed by atoms with van der Waals surface area (Å²) in [5, 5.41) is 8.92. The maximum Gasteiger partial charge on any atom is 0.234 e. The van der Waals surface area contributed by atoms with Gasteiger partial charge in [-0.3, -0.25) is 4.79 Å². The molecule has 2 aliphatic rings. The highest BCUT2D eigenvalue weighted by Crippen LogP contribution is 2.44. The third-order valence-corrected chi connectivity index (χ3v) is 6.88. The van der Waals surface area contributed by atoms with Gasteiger partial charge >= 0.3 is 0 Å². The number of fused-ring (bicyclic) bond motifs is 2. The van der Waals surface area contributed by atoms with Crippen molar-refractivity contribution in [3.8, 4) is 28.5 Å². The number of aromatic nitrogens is 2. The SMILES string of the molecule is COc1ccccc1-c1ccc(N2CCN(C(=O)C3c4ccccc4Oc4ccccc43)CC2)nn1. The fourth-order valence-electron chi connectivity index (χ4n) is 5.01. The van der Waals surface area contributed by atoms with Crippen LogP contribution in [-0.4, -0.2) is 54.3 Å². The Hall–Kier alpha value is -4.39. The lowest BCUT2D eigenvalue weighted by atomic mass is 9.86. The third kappa shape index (κ3) is 3.92. The van der Waals surface area contributed by atoms with Crippen LogP contribution in [0.1, 0.15) is 17.0 Å². The summed E-state index contributed by atoms with van der Waals surface area (Å²) < 4.78 is 11.5. The second-order valence-electron chi connectivity index (χ2n) is 8.90. The largest absolute Gasteiger partial charge is 0.496 e. The molecule has 0 aliphatic carbocycles. The third-order valence-electron chi connectivity index (χ3n) is 6.88. The molecule has 3 heterocycles. The first kappa shape index (κ1) is 22.1. The molecule has 6 rings (SSSR count). The van der Waals surface area contributed by atoms with Gasteiger partial charge in [0.2, 0.25) is 5.91 Å². The Balaban J connectivity index is 1.18. The minimum atomic E-state index is -0.363. The zero-order chi connectivity index (χ0) is 24.5. The molecule has 1 aromatic heterocycles. The van der Waals surface area contributed by atoms with Crippen LogP contribution in [0.2, 0.25) is 0 Å². The molecule has 0 spiro atoms. The van der Waals surface area contributed by atoms with Gasteiger partial charge in [0.15, 0.2) is 5.82 Å². The molecule has 0 N–H and O–H groups in total. The monoisotopic (exact) mass is 478 g/mol. The normalized spacial score (nSPS) is 15.0. The van der Waals surface area contributed by atoms with E-state index in [0.717, 1.165) is 45.5 Å². The van der Waals surface area contributed by atoms with Crippen molar-refractivity contribution in [3.05, 3.63) is 96.1 Å². The molecule has 7 heteroatoms. The number of para-hydroxylation sites is 3. The number of rotatable bonds is 4. The van der Waals surface area contributed by atoms with Crippen LogP contribution in [-0.2, 0) is 4.79 Å². The first-order valence-corrected chi connectivity index (χ1v) is 12.1. The Morgan fingerprint density at radius 2 is 1.44 bits per heavy atom. The van der Waals surface area contributed by atoms with Crippen molar-refractivity contribution < 1.29 is 14.3 Å². The van der Waals surface area contributed by atoms with E-state index < -0.39 is 0 Å². The van der Waals surface area contributed by atoms with Gasteiger partial charge in [0.05, 0.1) is 18.7 Å². The number of piperazine rings is 1. The molecule has 0 atom stereocenters. The fraction of sp³-hybridized carbons (Fsp3) is 0.207. The molecule has 0 radical (unpaired) electrons. The Morgan fingerprint density at radius 3 is 2.08 bits per heavy atom. The van der Waals surface area contributed by atoms with E-state index in [9.17, 15) is 4.79 Å². The molecule has 4 aromatic rings. The van der Waals surface area contributed by atoms with Gasteiger partial charge in [-0.15, -0.1) is 10.2 Å². The van der Waals surface area contributed by atoms with E-state index in [0.29, 0.717) is 26.2 Å². The molecule has 0 unspecified atom stereocenters. The van der Waals surface area contributed by atoms with Crippen molar-refractivity contribution in [1.29, 1.82) is 0 Å².